The van der Waals surface area contributed by atoms with Crippen LogP contribution in [-0.2, 0) is 4.79 Å². The summed E-state index contributed by atoms with van der Waals surface area (Å²) in [6, 6.07) is 7.43. The molecule has 2 aliphatic heterocycles. The third kappa shape index (κ3) is 4.07. The molecule has 2 aliphatic rings. The van der Waals surface area contributed by atoms with Crippen molar-refractivity contribution in [1.29, 1.82) is 0 Å². The van der Waals surface area contributed by atoms with E-state index in [4.69, 9.17) is 5.73 Å². The Hall–Kier alpha value is -2.32. The average molecular weight is 389 g/mol. The first kappa shape index (κ1) is 19.0. The molecule has 1 aromatic heterocycles. The van der Waals surface area contributed by atoms with Gasteiger partial charge in [-0.15, -0.1) is 0 Å². The van der Waals surface area contributed by atoms with E-state index in [-0.39, 0.29) is 37.3 Å². The number of amides is 1. The molecule has 0 bridgehead atoms. The first-order valence-electron chi connectivity index (χ1n) is 9.72. The molecule has 3 heterocycles. The summed E-state index contributed by atoms with van der Waals surface area (Å²) in [7, 11) is 0. The molecular weight excluding hydrogens is 364 g/mol. The predicted molar refractivity (Wildman–Crippen MR) is 104 cm³/mol. The number of likely N-dealkylation sites (tertiary alicyclic amines) is 2. The van der Waals surface area contributed by atoms with Gasteiger partial charge in [-0.2, -0.15) is 0 Å². The second kappa shape index (κ2) is 7.97. The lowest BCUT2D eigenvalue weighted by molar-refractivity contribution is -0.133. The van der Waals surface area contributed by atoms with Crippen molar-refractivity contribution in [3.05, 3.63) is 36.3 Å². The van der Waals surface area contributed by atoms with Gasteiger partial charge in [0.2, 0.25) is 5.91 Å². The maximum absolute atomic E-state index is 13.6. The molecule has 0 unspecified atom stereocenters. The van der Waals surface area contributed by atoms with Crippen molar-refractivity contribution in [2.75, 3.05) is 31.5 Å². The van der Waals surface area contributed by atoms with Crippen LogP contribution in [0.5, 0.6) is 0 Å². The fourth-order valence-corrected chi connectivity index (χ4v) is 4.09. The second-order valence-corrected chi connectivity index (χ2v) is 7.67. The standard InChI is InChI=1S/C20H25F2N5O/c21-13-8-16-17(24-10-13)2-1-3-18(16)25-15-4-6-26(7-5-15)12-20(28)27-11-14(22)9-19(27)23/h1-3,8,10,14-15,19,25H,4-7,9,11-12,23H2/t14-,19-/m0/s1. The number of hydrogen-bond donors (Lipinski definition) is 2. The lowest BCUT2D eigenvalue weighted by Crippen LogP contribution is -2.48. The van der Waals surface area contributed by atoms with Crippen LogP contribution in [0, 0.1) is 5.82 Å². The van der Waals surface area contributed by atoms with E-state index in [0.717, 1.165) is 42.5 Å². The van der Waals surface area contributed by atoms with Crippen molar-refractivity contribution in [2.45, 2.75) is 37.6 Å². The highest BCUT2D eigenvalue weighted by molar-refractivity contribution is 5.91. The summed E-state index contributed by atoms with van der Waals surface area (Å²) in [6.07, 6.45) is 1.64. The summed E-state index contributed by atoms with van der Waals surface area (Å²) in [5.74, 6) is -0.458. The number of benzene rings is 1. The molecule has 0 spiro atoms. The molecule has 3 N–H and O–H groups in total. The topological polar surface area (TPSA) is 74.5 Å². The predicted octanol–water partition coefficient (Wildman–Crippen LogP) is 2.11. The first-order valence-corrected chi connectivity index (χ1v) is 9.72. The minimum Gasteiger partial charge on any atom is -0.382 e. The SMILES string of the molecule is N[C@@H]1C[C@H](F)CN1C(=O)CN1CCC(Nc2cccc3ncc(F)cc23)CC1. The van der Waals surface area contributed by atoms with E-state index >= 15 is 0 Å². The van der Waals surface area contributed by atoms with Gasteiger partial charge in [0.25, 0.3) is 0 Å². The molecule has 6 nitrogen and oxygen atoms in total. The summed E-state index contributed by atoms with van der Waals surface area (Å²) in [4.78, 5) is 20.1. The highest BCUT2D eigenvalue weighted by Crippen LogP contribution is 2.25. The van der Waals surface area contributed by atoms with Crippen LogP contribution in [-0.4, -0.2) is 65.2 Å². The fraction of sp³-hybridized carbons (Fsp3) is 0.500. The summed E-state index contributed by atoms with van der Waals surface area (Å²) >= 11 is 0. The molecule has 28 heavy (non-hydrogen) atoms. The van der Waals surface area contributed by atoms with E-state index in [2.05, 4.69) is 15.2 Å². The molecule has 2 atom stereocenters. The normalized spacial score (nSPS) is 24.0. The number of nitrogens with one attached hydrogen (secondary N) is 1. The summed E-state index contributed by atoms with van der Waals surface area (Å²) in [5, 5.41) is 4.26. The van der Waals surface area contributed by atoms with Gasteiger partial charge in [0.1, 0.15) is 12.0 Å². The van der Waals surface area contributed by atoms with E-state index in [0.29, 0.717) is 0 Å². The fourth-order valence-electron chi connectivity index (χ4n) is 4.09. The van der Waals surface area contributed by atoms with Crippen LogP contribution in [0.4, 0.5) is 14.5 Å². The number of carbonyl (C=O) groups is 1. The molecule has 4 rings (SSSR count). The van der Waals surface area contributed by atoms with Gasteiger partial charge < -0.3 is 16.0 Å². The zero-order chi connectivity index (χ0) is 19.7. The highest BCUT2D eigenvalue weighted by atomic mass is 19.1. The van der Waals surface area contributed by atoms with Gasteiger partial charge in [-0.1, -0.05) is 6.07 Å². The van der Waals surface area contributed by atoms with E-state index in [1.807, 2.05) is 18.2 Å². The van der Waals surface area contributed by atoms with Crippen LogP contribution in [0.3, 0.4) is 0 Å². The molecule has 2 fully saturated rings. The first-order chi connectivity index (χ1) is 13.5. The number of carbonyl (C=O) groups excluding carboxylic acids is 1. The van der Waals surface area contributed by atoms with Gasteiger partial charge >= 0.3 is 0 Å². The number of fused-ring (bicyclic) bond motifs is 1. The Morgan fingerprint density at radius 1 is 1.32 bits per heavy atom. The number of nitrogens with two attached hydrogens (primary N) is 1. The van der Waals surface area contributed by atoms with Crippen molar-refractivity contribution in [1.82, 2.24) is 14.8 Å². The molecule has 0 radical (unpaired) electrons. The third-order valence-corrected chi connectivity index (χ3v) is 5.61. The van der Waals surface area contributed by atoms with Crippen molar-refractivity contribution >= 4 is 22.5 Å². The third-order valence-electron chi connectivity index (χ3n) is 5.61. The number of alkyl halides is 1. The Balaban J connectivity index is 1.32. The average Bonchev–Trinajstić information content (AvgIpc) is 3.02. The lowest BCUT2D eigenvalue weighted by atomic mass is 10.0. The number of piperidine rings is 1. The zero-order valence-electron chi connectivity index (χ0n) is 15.7. The van der Waals surface area contributed by atoms with Crippen molar-refractivity contribution < 1.29 is 13.6 Å². The summed E-state index contributed by atoms with van der Waals surface area (Å²) < 4.78 is 27.0. The molecule has 1 amide bonds. The quantitative estimate of drug-likeness (QED) is 0.838. The minimum absolute atomic E-state index is 0.101. The van der Waals surface area contributed by atoms with E-state index < -0.39 is 12.3 Å². The number of halogens is 2. The van der Waals surface area contributed by atoms with Crippen LogP contribution in [0.2, 0.25) is 0 Å². The Morgan fingerprint density at radius 2 is 2.11 bits per heavy atom. The molecule has 8 heteroatoms. The Morgan fingerprint density at radius 3 is 2.82 bits per heavy atom. The van der Waals surface area contributed by atoms with Crippen LogP contribution in [0.1, 0.15) is 19.3 Å². The van der Waals surface area contributed by atoms with Gasteiger partial charge in [-0.3, -0.25) is 14.7 Å². The van der Waals surface area contributed by atoms with Crippen molar-refractivity contribution in [2.24, 2.45) is 5.73 Å². The molecule has 0 saturated carbocycles. The maximum Gasteiger partial charge on any atom is 0.238 e. The number of aromatic nitrogens is 1. The highest BCUT2D eigenvalue weighted by Gasteiger charge is 2.33. The zero-order valence-corrected chi connectivity index (χ0v) is 15.7. The molecule has 0 aliphatic carbocycles. The van der Waals surface area contributed by atoms with Crippen LogP contribution in [0.25, 0.3) is 10.9 Å². The number of nitrogens with zero attached hydrogens (tertiary/aromatic N) is 3. The molecule has 2 saturated heterocycles. The smallest absolute Gasteiger partial charge is 0.238 e. The monoisotopic (exact) mass is 389 g/mol. The summed E-state index contributed by atoms with van der Waals surface area (Å²) in [5.41, 5.74) is 7.47. The lowest BCUT2D eigenvalue weighted by Gasteiger charge is -2.34. The van der Waals surface area contributed by atoms with Gasteiger partial charge in [0, 0.05) is 36.6 Å². The van der Waals surface area contributed by atoms with Gasteiger partial charge in [0.05, 0.1) is 31.0 Å². The number of rotatable bonds is 4. The second-order valence-electron chi connectivity index (χ2n) is 7.67. The Labute approximate surface area is 162 Å². The molecule has 1 aromatic carbocycles. The van der Waals surface area contributed by atoms with Gasteiger partial charge in [-0.05, 0) is 31.0 Å². The Bertz CT molecular complexity index is 856. The number of pyridine rings is 1. The van der Waals surface area contributed by atoms with Crippen molar-refractivity contribution in [3.63, 3.8) is 0 Å². The van der Waals surface area contributed by atoms with Crippen LogP contribution < -0.4 is 11.1 Å². The summed E-state index contributed by atoms with van der Waals surface area (Å²) in [6.45, 7) is 1.91. The van der Waals surface area contributed by atoms with E-state index in [1.54, 1.807) is 0 Å². The number of anilines is 1. The van der Waals surface area contributed by atoms with Crippen LogP contribution >= 0.6 is 0 Å². The largest absolute Gasteiger partial charge is 0.382 e. The number of hydrogen-bond acceptors (Lipinski definition) is 5. The van der Waals surface area contributed by atoms with Gasteiger partial charge in [-0.25, -0.2) is 8.78 Å². The molecule has 2 aromatic rings. The minimum atomic E-state index is -1.02. The Kier molecular flexibility index (Phi) is 5.41. The van der Waals surface area contributed by atoms with Gasteiger partial charge in [0.15, 0.2) is 0 Å². The van der Waals surface area contributed by atoms with Crippen LogP contribution in [0.15, 0.2) is 30.5 Å². The van der Waals surface area contributed by atoms with Crippen molar-refractivity contribution in [3.8, 4) is 0 Å². The molecule has 150 valence electrons. The maximum atomic E-state index is 13.6. The molecular formula is C20H25F2N5O. The van der Waals surface area contributed by atoms with E-state index in [9.17, 15) is 13.6 Å². The van der Waals surface area contributed by atoms with E-state index in [1.165, 1.54) is 17.2 Å².